The molecule has 0 aliphatic rings. The van der Waals surface area contributed by atoms with E-state index in [4.69, 9.17) is 0 Å². The minimum absolute atomic E-state index is 0.0351. The van der Waals surface area contributed by atoms with E-state index in [2.05, 4.69) is 46.9 Å². The molecule has 0 saturated carbocycles. The van der Waals surface area contributed by atoms with Crippen molar-refractivity contribution in [2.45, 2.75) is 61.8 Å². The summed E-state index contributed by atoms with van der Waals surface area (Å²) in [5, 5.41) is 2.76. The van der Waals surface area contributed by atoms with Crippen LogP contribution in [0, 0.1) is 16.7 Å². The Labute approximate surface area is 102 Å². The topological polar surface area (TPSA) is 29.1 Å². The van der Waals surface area contributed by atoms with Gasteiger partial charge in [-0.15, -0.1) is 0 Å². The first kappa shape index (κ1) is 17.9. The first-order chi connectivity index (χ1) is 7.08. The predicted octanol–water partition coefficient (Wildman–Crippen LogP) is 3.86. The maximum atomic E-state index is 11.7. The number of carbonyl (C=O) groups excluding carboxylic acids is 1. The zero-order valence-corrected chi connectivity index (χ0v) is 12.7. The van der Waals surface area contributed by atoms with Crippen LogP contribution in [0.2, 0.25) is 0 Å². The van der Waals surface area contributed by atoms with Gasteiger partial charge in [0.15, 0.2) is 0 Å². The Kier molecular flexibility index (Phi) is 7.73. The van der Waals surface area contributed by atoms with Crippen molar-refractivity contribution in [1.82, 2.24) is 5.32 Å². The van der Waals surface area contributed by atoms with Gasteiger partial charge in [0.1, 0.15) is 0 Å². The second kappa shape index (κ2) is 6.93. The van der Waals surface area contributed by atoms with Gasteiger partial charge in [-0.2, -0.15) is 0 Å². The van der Waals surface area contributed by atoms with Crippen molar-refractivity contribution in [3.05, 3.63) is 0 Å². The van der Waals surface area contributed by atoms with Crippen LogP contribution < -0.4 is 5.32 Å². The minimum Gasteiger partial charge on any atom is -0.359 e. The lowest BCUT2D eigenvalue weighted by atomic mass is 9.72. The van der Waals surface area contributed by atoms with Crippen LogP contribution in [0.15, 0.2) is 0 Å². The van der Waals surface area contributed by atoms with Gasteiger partial charge in [0.2, 0.25) is 5.91 Å². The Morgan fingerprint density at radius 2 is 1.44 bits per heavy atom. The van der Waals surface area contributed by atoms with Crippen LogP contribution >= 0.6 is 0 Å². The normalized spacial score (nSPS) is 13.6. The summed E-state index contributed by atoms with van der Waals surface area (Å²) in [4.78, 5) is 11.7. The maximum absolute atomic E-state index is 11.7. The molecule has 0 aromatic heterocycles. The highest BCUT2D eigenvalue weighted by Gasteiger charge is 2.33. The highest BCUT2D eigenvalue weighted by molar-refractivity contribution is 5.79. The smallest absolute Gasteiger partial charge is 0.223 e. The first-order valence-corrected chi connectivity index (χ1v) is 6.29. The molecule has 2 nitrogen and oxygen atoms in total. The van der Waals surface area contributed by atoms with Gasteiger partial charge in [-0.1, -0.05) is 55.4 Å². The van der Waals surface area contributed by atoms with E-state index in [0.717, 1.165) is 6.42 Å². The number of amides is 1. The van der Waals surface area contributed by atoms with Crippen molar-refractivity contribution in [3.63, 3.8) is 0 Å². The Morgan fingerprint density at radius 3 is 1.62 bits per heavy atom. The fourth-order valence-electron chi connectivity index (χ4n) is 1.58. The lowest BCUT2D eigenvalue weighted by molar-refractivity contribution is -0.129. The Hall–Kier alpha value is -0.530. The van der Waals surface area contributed by atoms with Gasteiger partial charge >= 0.3 is 0 Å². The Balaban J connectivity index is 0. The monoisotopic (exact) mass is 229 g/mol. The van der Waals surface area contributed by atoms with Crippen LogP contribution in [0.25, 0.3) is 0 Å². The Bertz CT molecular complexity index is 196. The van der Waals surface area contributed by atoms with Crippen molar-refractivity contribution in [1.29, 1.82) is 0 Å². The largest absolute Gasteiger partial charge is 0.359 e. The lowest BCUT2D eigenvalue weighted by Gasteiger charge is -2.34. The highest BCUT2D eigenvalue weighted by Crippen LogP contribution is 2.35. The van der Waals surface area contributed by atoms with E-state index in [1.165, 1.54) is 0 Å². The van der Waals surface area contributed by atoms with Crippen molar-refractivity contribution in [2.24, 2.45) is 16.7 Å². The molecule has 0 radical (unpaired) electrons. The summed E-state index contributed by atoms with van der Waals surface area (Å²) in [7, 11) is 1.71. The van der Waals surface area contributed by atoms with Crippen LogP contribution in [0.1, 0.15) is 61.8 Å². The fourth-order valence-corrected chi connectivity index (χ4v) is 1.58. The van der Waals surface area contributed by atoms with Gasteiger partial charge in [-0.3, -0.25) is 4.79 Å². The third kappa shape index (κ3) is 7.72. The SMILES string of the molecule is CC.CNC(=O)C(CC(C)(C)C)C(C)(C)C. The molecular formula is C14H31NO. The minimum atomic E-state index is 0.0351. The lowest BCUT2D eigenvalue weighted by Crippen LogP contribution is -2.38. The molecule has 0 aliphatic heterocycles. The van der Waals surface area contributed by atoms with Crippen LogP contribution in [-0.2, 0) is 4.79 Å². The van der Waals surface area contributed by atoms with E-state index in [1.54, 1.807) is 7.05 Å². The van der Waals surface area contributed by atoms with Crippen molar-refractivity contribution >= 4 is 5.91 Å². The third-order valence-electron chi connectivity index (χ3n) is 2.42. The quantitative estimate of drug-likeness (QED) is 0.765. The van der Waals surface area contributed by atoms with E-state index >= 15 is 0 Å². The number of rotatable bonds is 2. The number of hydrogen-bond acceptors (Lipinski definition) is 1. The molecule has 16 heavy (non-hydrogen) atoms. The molecule has 98 valence electrons. The third-order valence-corrected chi connectivity index (χ3v) is 2.42. The summed E-state index contributed by atoms with van der Waals surface area (Å²) in [6, 6.07) is 0. The predicted molar refractivity (Wildman–Crippen MR) is 72.4 cm³/mol. The van der Waals surface area contributed by atoms with E-state index in [9.17, 15) is 4.79 Å². The summed E-state index contributed by atoms with van der Waals surface area (Å²) in [5.41, 5.74) is 0.234. The second-order valence-corrected chi connectivity index (χ2v) is 6.30. The van der Waals surface area contributed by atoms with Gasteiger partial charge in [-0.25, -0.2) is 0 Å². The van der Waals surface area contributed by atoms with Crippen molar-refractivity contribution in [3.8, 4) is 0 Å². The highest BCUT2D eigenvalue weighted by atomic mass is 16.1. The molecular weight excluding hydrogens is 198 g/mol. The number of carbonyl (C=O) groups is 1. The molecule has 0 rings (SSSR count). The summed E-state index contributed by atoms with van der Waals surface area (Å²) in [5.74, 6) is 0.250. The molecule has 1 unspecified atom stereocenters. The summed E-state index contributed by atoms with van der Waals surface area (Å²) < 4.78 is 0. The summed E-state index contributed by atoms with van der Waals surface area (Å²) in [6.07, 6.45) is 0.927. The second-order valence-electron chi connectivity index (χ2n) is 6.30. The van der Waals surface area contributed by atoms with Crippen LogP contribution in [0.4, 0.5) is 0 Å². The van der Waals surface area contributed by atoms with E-state index < -0.39 is 0 Å². The molecule has 0 aliphatic carbocycles. The molecule has 0 aromatic rings. The molecule has 0 fully saturated rings. The van der Waals surface area contributed by atoms with Crippen molar-refractivity contribution in [2.75, 3.05) is 7.05 Å². The first-order valence-electron chi connectivity index (χ1n) is 6.29. The molecule has 0 aromatic carbocycles. The summed E-state index contributed by atoms with van der Waals surface area (Å²) in [6.45, 7) is 16.9. The zero-order chi connectivity index (χ0) is 13.6. The van der Waals surface area contributed by atoms with Crippen molar-refractivity contribution < 1.29 is 4.79 Å². The van der Waals surface area contributed by atoms with Gasteiger partial charge in [0.25, 0.3) is 0 Å². The number of nitrogens with one attached hydrogen (secondary N) is 1. The average molecular weight is 229 g/mol. The molecule has 0 bridgehead atoms. The molecule has 0 heterocycles. The molecule has 1 amide bonds. The number of hydrogen-bond donors (Lipinski definition) is 1. The molecule has 1 atom stereocenters. The van der Waals surface area contributed by atoms with Crippen LogP contribution in [-0.4, -0.2) is 13.0 Å². The average Bonchev–Trinajstić information content (AvgIpc) is 2.13. The maximum Gasteiger partial charge on any atom is 0.223 e. The van der Waals surface area contributed by atoms with E-state index in [0.29, 0.717) is 0 Å². The zero-order valence-electron chi connectivity index (χ0n) is 12.7. The summed E-state index contributed by atoms with van der Waals surface area (Å²) >= 11 is 0. The molecule has 2 heteroatoms. The van der Waals surface area contributed by atoms with Crippen LogP contribution in [0.5, 0.6) is 0 Å². The Morgan fingerprint density at radius 1 is 1.06 bits per heavy atom. The molecule has 0 spiro atoms. The van der Waals surface area contributed by atoms with Crippen LogP contribution in [0.3, 0.4) is 0 Å². The molecule has 1 N–H and O–H groups in total. The van der Waals surface area contributed by atoms with Gasteiger partial charge in [-0.05, 0) is 17.3 Å². The fraction of sp³-hybridized carbons (Fsp3) is 0.929. The van der Waals surface area contributed by atoms with E-state index in [1.807, 2.05) is 13.8 Å². The van der Waals surface area contributed by atoms with Gasteiger partial charge in [0.05, 0.1) is 0 Å². The van der Waals surface area contributed by atoms with Gasteiger partial charge < -0.3 is 5.32 Å². The molecule has 0 saturated heterocycles. The van der Waals surface area contributed by atoms with E-state index in [-0.39, 0.29) is 22.7 Å². The standard InChI is InChI=1S/C12H25NO.C2H6/c1-11(2,3)8-9(10(14)13-7)12(4,5)6;1-2/h9H,8H2,1-7H3,(H,13,14);1-2H3. The van der Waals surface area contributed by atoms with Gasteiger partial charge in [0, 0.05) is 13.0 Å².